The molecule has 1 aliphatic heterocycles. The maximum Gasteiger partial charge on any atom is 0.231 e. The Hall–Kier alpha value is -2.11. The fourth-order valence-electron chi connectivity index (χ4n) is 2.15. The number of hydrogen-bond acceptors (Lipinski definition) is 5. The van der Waals surface area contributed by atoms with Crippen LogP contribution in [0.2, 0.25) is 0 Å². The van der Waals surface area contributed by atoms with E-state index in [1.165, 1.54) is 0 Å². The molecule has 0 N–H and O–H groups in total. The molecule has 20 heavy (non-hydrogen) atoms. The number of benzene rings is 1. The predicted molar refractivity (Wildman–Crippen MR) is 71.7 cm³/mol. The number of carbonyl (C=O) groups is 1. The monoisotopic (exact) mass is 279 g/mol. The van der Waals surface area contributed by atoms with Gasteiger partial charge in [-0.05, 0) is 23.6 Å². The summed E-state index contributed by atoms with van der Waals surface area (Å²) < 4.78 is 10.4. The van der Waals surface area contributed by atoms with Crippen LogP contribution in [0.15, 0.2) is 18.2 Å². The van der Waals surface area contributed by atoms with Gasteiger partial charge in [0.1, 0.15) is 0 Å². The summed E-state index contributed by atoms with van der Waals surface area (Å²) >= 11 is 0. The summed E-state index contributed by atoms with van der Waals surface area (Å²) in [6.45, 7) is 5.23. The molecule has 0 unspecified atom stereocenters. The van der Waals surface area contributed by atoms with E-state index in [9.17, 15) is 14.9 Å². The maximum atomic E-state index is 12.5. The third kappa shape index (κ3) is 2.89. The molecule has 0 bridgehead atoms. The summed E-state index contributed by atoms with van der Waals surface area (Å²) in [5.41, 5.74) is -0.0726. The fourth-order valence-corrected chi connectivity index (χ4v) is 2.15. The zero-order valence-electron chi connectivity index (χ0n) is 11.7. The van der Waals surface area contributed by atoms with Gasteiger partial charge in [-0.2, -0.15) is 0 Å². The number of carbonyl (C=O) groups excluding carboxylic acids is 1. The van der Waals surface area contributed by atoms with Gasteiger partial charge in [0.25, 0.3) is 0 Å². The van der Waals surface area contributed by atoms with Crippen molar-refractivity contribution in [2.24, 2.45) is 11.3 Å². The first-order valence-electron chi connectivity index (χ1n) is 6.34. The summed E-state index contributed by atoms with van der Waals surface area (Å²) in [5, 5.41) is 10.8. The highest BCUT2D eigenvalue weighted by atomic mass is 16.7. The third-order valence-corrected chi connectivity index (χ3v) is 3.35. The quantitative estimate of drug-likeness (QED) is 0.480. The Morgan fingerprint density at radius 3 is 2.60 bits per heavy atom. The van der Waals surface area contributed by atoms with Crippen molar-refractivity contribution < 1.29 is 19.2 Å². The van der Waals surface area contributed by atoms with Gasteiger partial charge in [-0.1, -0.05) is 20.8 Å². The van der Waals surface area contributed by atoms with Gasteiger partial charge in [0.05, 0.1) is 5.92 Å². The Morgan fingerprint density at radius 2 is 2.00 bits per heavy atom. The SMILES string of the molecule is CC(C)(C)[C@@H](C[N+](=O)[O-])C(=O)c1ccc2c(c1)OCO2. The van der Waals surface area contributed by atoms with Crippen molar-refractivity contribution in [2.45, 2.75) is 20.8 Å². The molecule has 0 saturated heterocycles. The van der Waals surface area contributed by atoms with Crippen LogP contribution in [0.25, 0.3) is 0 Å². The van der Waals surface area contributed by atoms with Gasteiger partial charge in [-0.15, -0.1) is 0 Å². The highest BCUT2D eigenvalue weighted by molar-refractivity contribution is 5.99. The molecule has 1 aromatic rings. The van der Waals surface area contributed by atoms with Crippen LogP contribution in [0.4, 0.5) is 0 Å². The van der Waals surface area contributed by atoms with Crippen LogP contribution in [-0.2, 0) is 0 Å². The van der Waals surface area contributed by atoms with E-state index in [0.717, 1.165) is 0 Å². The molecule has 0 saturated carbocycles. The normalized spacial score (nSPS) is 14.9. The molecule has 0 spiro atoms. The van der Waals surface area contributed by atoms with Crippen LogP contribution < -0.4 is 9.47 Å². The van der Waals surface area contributed by atoms with Crippen LogP contribution in [0, 0.1) is 21.4 Å². The lowest BCUT2D eigenvalue weighted by atomic mass is 9.76. The lowest BCUT2D eigenvalue weighted by Crippen LogP contribution is -2.34. The van der Waals surface area contributed by atoms with E-state index in [4.69, 9.17) is 9.47 Å². The van der Waals surface area contributed by atoms with Crippen molar-refractivity contribution in [2.75, 3.05) is 13.3 Å². The Labute approximate surface area is 116 Å². The van der Waals surface area contributed by atoms with Gasteiger partial charge in [0.15, 0.2) is 17.3 Å². The highest BCUT2D eigenvalue weighted by Gasteiger charge is 2.36. The van der Waals surface area contributed by atoms with Crippen LogP contribution >= 0.6 is 0 Å². The van der Waals surface area contributed by atoms with Crippen molar-refractivity contribution in [3.8, 4) is 11.5 Å². The van der Waals surface area contributed by atoms with Gasteiger partial charge in [0.2, 0.25) is 13.3 Å². The summed E-state index contributed by atoms with van der Waals surface area (Å²) in [4.78, 5) is 22.9. The van der Waals surface area contributed by atoms with E-state index in [0.29, 0.717) is 17.1 Å². The highest BCUT2D eigenvalue weighted by Crippen LogP contribution is 2.35. The van der Waals surface area contributed by atoms with Gasteiger partial charge in [0, 0.05) is 10.5 Å². The van der Waals surface area contributed by atoms with E-state index >= 15 is 0 Å². The van der Waals surface area contributed by atoms with Crippen molar-refractivity contribution in [1.82, 2.24) is 0 Å². The van der Waals surface area contributed by atoms with E-state index in [1.54, 1.807) is 18.2 Å². The minimum absolute atomic E-state index is 0.130. The van der Waals surface area contributed by atoms with E-state index in [1.807, 2.05) is 20.8 Å². The minimum Gasteiger partial charge on any atom is -0.454 e. The summed E-state index contributed by atoms with van der Waals surface area (Å²) in [6, 6.07) is 4.86. The number of nitro groups is 1. The summed E-state index contributed by atoms with van der Waals surface area (Å²) in [7, 11) is 0. The summed E-state index contributed by atoms with van der Waals surface area (Å²) in [6.07, 6.45) is 0. The molecule has 0 fully saturated rings. The molecular formula is C14H17NO5. The first-order chi connectivity index (χ1) is 9.29. The predicted octanol–water partition coefficient (Wildman–Crippen LogP) is 2.54. The number of ketones is 1. The molecule has 0 amide bonds. The number of nitrogens with zero attached hydrogens (tertiary/aromatic N) is 1. The molecule has 6 nitrogen and oxygen atoms in total. The molecular weight excluding hydrogens is 262 g/mol. The topological polar surface area (TPSA) is 78.7 Å². The Morgan fingerprint density at radius 1 is 1.35 bits per heavy atom. The maximum absolute atomic E-state index is 12.5. The zero-order chi connectivity index (χ0) is 14.9. The van der Waals surface area contributed by atoms with Crippen molar-refractivity contribution in [1.29, 1.82) is 0 Å². The first kappa shape index (κ1) is 14.3. The van der Waals surface area contributed by atoms with Gasteiger partial charge >= 0.3 is 0 Å². The number of hydrogen-bond donors (Lipinski definition) is 0. The van der Waals surface area contributed by atoms with Gasteiger partial charge < -0.3 is 9.47 Å². The largest absolute Gasteiger partial charge is 0.454 e. The zero-order valence-corrected chi connectivity index (χ0v) is 11.7. The average molecular weight is 279 g/mol. The van der Waals surface area contributed by atoms with Crippen LogP contribution in [0.1, 0.15) is 31.1 Å². The smallest absolute Gasteiger partial charge is 0.231 e. The molecule has 0 aliphatic carbocycles. The molecule has 1 aliphatic rings. The second kappa shape index (κ2) is 5.11. The van der Waals surface area contributed by atoms with Crippen LogP contribution in [0.5, 0.6) is 11.5 Å². The lowest BCUT2D eigenvalue weighted by molar-refractivity contribution is -0.488. The van der Waals surface area contributed by atoms with E-state index in [-0.39, 0.29) is 19.1 Å². The first-order valence-corrected chi connectivity index (χ1v) is 6.34. The summed E-state index contributed by atoms with van der Waals surface area (Å²) in [5.74, 6) is 0.165. The molecule has 108 valence electrons. The number of rotatable bonds is 4. The Bertz CT molecular complexity index is 547. The van der Waals surface area contributed by atoms with Crippen molar-refractivity contribution >= 4 is 5.78 Å². The molecule has 0 aromatic heterocycles. The van der Waals surface area contributed by atoms with Crippen LogP contribution in [-0.4, -0.2) is 24.0 Å². The Kier molecular flexibility index (Phi) is 3.65. The van der Waals surface area contributed by atoms with Gasteiger partial charge in [-0.3, -0.25) is 14.9 Å². The Balaban J connectivity index is 2.30. The van der Waals surface area contributed by atoms with E-state index < -0.39 is 16.3 Å². The molecule has 2 rings (SSSR count). The second-order valence-electron chi connectivity index (χ2n) is 5.87. The third-order valence-electron chi connectivity index (χ3n) is 3.35. The standard InChI is InChI=1S/C14H17NO5/c1-14(2,3)10(7-15(17)18)13(16)9-4-5-11-12(6-9)20-8-19-11/h4-6,10H,7-8H2,1-3H3/t10-/m0/s1. The number of Topliss-reactive ketones (excluding diaryl/α,β-unsaturated/α-hetero) is 1. The fraction of sp³-hybridized carbons (Fsp3) is 0.500. The van der Waals surface area contributed by atoms with E-state index in [2.05, 4.69) is 0 Å². The molecule has 0 radical (unpaired) electrons. The van der Waals surface area contributed by atoms with Crippen molar-refractivity contribution in [3.63, 3.8) is 0 Å². The minimum atomic E-state index is -0.683. The average Bonchev–Trinajstić information content (AvgIpc) is 2.80. The van der Waals surface area contributed by atoms with Gasteiger partial charge in [-0.25, -0.2) is 0 Å². The van der Waals surface area contributed by atoms with Crippen molar-refractivity contribution in [3.05, 3.63) is 33.9 Å². The second-order valence-corrected chi connectivity index (χ2v) is 5.87. The number of fused-ring (bicyclic) bond motifs is 1. The number of ether oxygens (including phenoxy) is 2. The molecule has 1 atom stereocenters. The molecule has 6 heteroatoms. The molecule has 1 aromatic carbocycles. The lowest BCUT2D eigenvalue weighted by Gasteiger charge is -2.26. The van der Waals surface area contributed by atoms with Crippen LogP contribution in [0.3, 0.4) is 0 Å². The molecule has 1 heterocycles.